The molecular weight excluding hydrogens is 244 g/mol. The van der Waals surface area contributed by atoms with Crippen LogP contribution in [0.5, 0.6) is 0 Å². The van der Waals surface area contributed by atoms with Crippen molar-refractivity contribution >= 4 is 22.3 Å². The van der Waals surface area contributed by atoms with Gasteiger partial charge >= 0.3 is 0 Å². The number of rotatable bonds is 1. The van der Waals surface area contributed by atoms with E-state index in [-0.39, 0.29) is 0 Å². The minimum absolute atomic E-state index is 0.968. The second-order valence-corrected chi connectivity index (χ2v) is 6.22. The lowest BCUT2D eigenvalue weighted by molar-refractivity contribution is 0.314. The molecule has 1 aromatic rings. The van der Waals surface area contributed by atoms with Gasteiger partial charge in [0.25, 0.3) is 0 Å². The van der Waals surface area contributed by atoms with Crippen LogP contribution in [-0.2, 0) is 13.0 Å². The summed E-state index contributed by atoms with van der Waals surface area (Å²) in [4.78, 5) is 13.1. The predicted molar refractivity (Wildman–Crippen MR) is 76.5 cm³/mol. The number of aromatic nitrogens is 1. The van der Waals surface area contributed by atoms with Crippen LogP contribution in [0, 0.1) is 0 Å². The van der Waals surface area contributed by atoms with Gasteiger partial charge in [0.15, 0.2) is 5.13 Å². The normalized spacial score (nSPS) is 21.1. The SMILES string of the molecule is CN1CCc2nc(NC3=NCCCCC3)sc2C1. The molecule has 3 heterocycles. The number of hydrogen-bond donors (Lipinski definition) is 1. The zero-order valence-corrected chi connectivity index (χ0v) is 11.7. The van der Waals surface area contributed by atoms with E-state index in [0.29, 0.717) is 0 Å². The molecule has 1 N–H and O–H groups in total. The minimum atomic E-state index is 0.968. The van der Waals surface area contributed by atoms with Gasteiger partial charge in [-0.1, -0.05) is 6.42 Å². The molecular formula is C13H20N4S. The summed E-state index contributed by atoms with van der Waals surface area (Å²) in [5.41, 5.74) is 1.29. The van der Waals surface area contributed by atoms with Crippen molar-refractivity contribution in [1.29, 1.82) is 0 Å². The summed E-state index contributed by atoms with van der Waals surface area (Å²) in [6, 6.07) is 0. The molecule has 0 atom stereocenters. The van der Waals surface area contributed by atoms with E-state index in [2.05, 4.69) is 22.3 Å². The van der Waals surface area contributed by atoms with Crippen molar-refractivity contribution in [3.63, 3.8) is 0 Å². The molecule has 0 bridgehead atoms. The third-order valence-corrected chi connectivity index (χ3v) is 4.55. The second-order valence-electron chi connectivity index (χ2n) is 5.14. The number of anilines is 1. The summed E-state index contributed by atoms with van der Waals surface area (Å²) < 4.78 is 0. The van der Waals surface area contributed by atoms with Gasteiger partial charge in [-0.3, -0.25) is 4.99 Å². The van der Waals surface area contributed by atoms with Crippen molar-refractivity contribution in [3.8, 4) is 0 Å². The van der Waals surface area contributed by atoms with Crippen molar-refractivity contribution in [2.45, 2.75) is 38.6 Å². The number of likely N-dealkylation sites (N-methyl/N-ethyl adjacent to an activating group) is 1. The highest BCUT2D eigenvalue weighted by molar-refractivity contribution is 7.15. The van der Waals surface area contributed by atoms with Gasteiger partial charge in [-0.2, -0.15) is 0 Å². The molecule has 0 saturated heterocycles. The molecule has 0 fully saturated rings. The van der Waals surface area contributed by atoms with Crippen molar-refractivity contribution in [2.24, 2.45) is 4.99 Å². The summed E-state index contributed by atoms with van der Waals surface area (Å²) in [6.07, 6.45) is 5.93. The number of amidine groups is 1. The molecule has 18 heavy (non-hydrogen) atoms. The molecule has 3 rings (SSSR count). The average molecular weight is 264 g/mol. The zero-order valence-electron chi connectivity index (χ0n) is 10.9. The van der Waals surface area contributed by atoms with Crippen molar-refractivity contribution in [1.82, 2.24) is 9.88 Å². The number of nitrogens with zero attached hydrogens (tertiary/aromatic N) is 3. The Kier molecular flexibility index (Phi) is 3.61. The van der Waals surface area contributed by atoms with Crippen molar-refractivity contribution < 1.29 is 0 Å². The van der Waals surface area contributed by atoms with Gasteiger partial charge in [-0.25, -0.2) is 4.98 Å². The van der Waals surface area contributed by atoms with Gasteiger partial charge in [0, 0.05) is 37.4 Å². The lowest BCUT2D eigenvalue weighted by Gasteiger charge is -2.20. The van der Waals surface area contributed by atoms with Crippen LogP contribution in [0.2, 0.25) is 0 Å². The average Bonchev–Trinajstić information content (AvgIpc) is 2.57. The molecule has 98 valence electrons. The van der Waals surface area contributed by atoms with E-state index in [4.69, 9.17) is 4.98 Å². The van der Waals surface area contributed by atoms with Gasteiger partial charge in [-0.15, -0.1) is 11.3 Å². The first-order valence-electron chi connectivity index (χ1n) is 6.79. The molecule has 0 spiro atoms. The van der Waals surface area contributed by atoms with Gasteiger partial charge in [-0.05, 0) is 19.9 Å². The summed E-state index contributed by atoms with van der Waals surface area (Å²) >= 11 is 1.79. The minimum Gasteiger partial charge on any atom is -0.320 e. The Morgan fingerprint density at radius 2 is 2.17 bits per heavy atom. The van der Waals surface area contributed by atoms with E-state index < -0.39 is 0 Å². The molecule has 0 amide bonds. The predicted octanol–water partition coefficient (Wildman–Crippen LogP) is 2.52. The fourth-order valence-corrected chi connectivity index (χ4v) is 3.58. The highest BCUT2D eigenvalue weighted by atomic mass is 32.1. The lowest BCUT2D eigenvalue weighted by Crippen LogP contribution is -2.25. The third-order valence-electron chi connectivity index (χ3n) is 3.55. The Morgan fingerprint density at radius 1 is 1.22 bits per heavy atom. The molecule has 0 unspecified atom stereocenters. The number of fused-ring (bicyclic) bond motifs is 1. The number of thiazole rings is 1. The zero-order chi connectivity index (χ0) is 12.4. The van der Waals surface area contributed by atoms with Crippen LogP contribution < -0.4 is 5.32 Å². The Labute approximate surface area is 112 Å². The number of aliphatic imine (C=N–C) groups is 1. The van der Waals surface area contributed by atoms with E-state index in [1.54, 1.807) is 11.3 Å². The monoisotopic (exact) mass is 264 g/mol. The molecule has 2 aliphatic heterocycles. The number of nitrogens with one attached hydrogen (secondary N) is 1. The second kappa shape index (κ2) is 5.36. The molecule has 2 aliphatic rings. The summed E-state index contributed by atoms with van der Waals surface area (Å²) in [6.45, 7) is 3.13. The molecule has 1 aromatic heterocycles. The third kappa shape index (κ3) is 2.72. The van der Waals surface area contributed by atoms with Crippen LogP contribution in [0.3, 0.4) is 0 Å². The van der Waals surface area contributed by atoms with E-state index in [1.165, 1.54) is 29.8 Å². The van der Waals surface area contributed by atoms with Crippen LogP contribution in [0.25, 0.3) is 0 Å². The van der Waals surface area contributed by atoms with E-state index in [1.807, 2.05) is 0 Å². The van der Waals surface area contributed by atoms with E-state index >= 15 is 0 Å². The summed E-state index contributed by atoms with van der Waals surface area (Å²) in [5, 5.41) is 4.47. The molecule has 0 aromatic carbocycles. The molecule has 0 radical (unpaired) electrons. The van der Waals surface area contributed by atoms with Crippen molar-refractivity contribution in [2.75, 3.05) is 25.5 Å². The van der Waals surface area contributed by atoms with Gasteiger partial charge < -0.3 is 10.2 Å². The Bertz CT molecular complexity index is 452. The molecule has 5 heteroatoms. The van der Waals surface area contributed by atoms with Gasteiger partial charge in [0.1, 0.15) is 5.84 Å². The van der Waals surface area contributed by atoms with Crippen LogP contribution in [0.15, 0.2) is 4.99 Å². The highest BCUT2D eigenvalue weighted by Crippen LogP contribution is 2.28. The van der Waals surface area contributed by atoms with Crippen LogP contribution >= 0.6 is 11.3 Å². The Balaban J connectivity index is 1.71. The summed E-state index contributed by atoms with van der Waals surface area (Å²) in [7, 11) is 2.17. The standard InChI is InChI=1S/C13H20N4S/c1-17-8-6-10-11(9-17)18-13(15-10)16-12-5-3-2-4-7-14-12/h2-9H2,1H3,(H,14,15,16). The first-order chi connectivity index (χ1) is 8.81. The maximum Gasteiger partial charge on any atom is 0.188 e. The Hall–Kier alpha value is -0.940. The maximum atomic E-state index is 4.71. The van der Waals surface area contributed by atoms with Crippen molar-refractivity contribution in [3.05, 3.63) is 10.6 Å². The fraction of sp³-hybridized carbons (Fsp3) is 0.692. The van der Waals surface area contributed by atoms with Crippen LogP contribution in [0.1, 0.15) is 36.3 Å². The summed E-state index contributed by atoms with van der Waals surface area (Å²) in [5.74, 6) is 1.13. The highest BCUT2D eigenvalue weighted by Gasteiger charge is 2.18. The molecule has 0 saturated carbocycles. The quantitative estimate of drug-likeness (QED) is 0.847. The first-order valence-corrected chi connectivity index (χ1v) is 7.60. The van der Waals surface area contributed by atoms with Crippen LogP contribution in [0.4, 0.5) is 5.13 Å². The topological polar surface area (TPSA) is 40.5 Å². The fourth-order valence-electron chi connectivity index (χ4n) is 2.48. The maximum absolute atomic E-state index is 4.71. The van der Waals surface area contributed by atoms with Gasteiger partial charge in [0.2, 0.25) is 0 Å². The molecule has 4 nitrogen and oxygen atoms in total. The van der Waals surface area contributed by atoms with E-state index in [0.717, 1.165) is 43.4 Å². The largest absolute Gasteiger partial charge is 0.320 e. The lowest BCUT2D eigenvalue weighted by atomic mass is 10.2. The Morgan fingerprint density at radius 3 is 3.11 bits per heavy atom. The molecule has 0 aliphatic carbocycles. The first kappa shape index (κ1) is 12.1. The van der Waals surface area contributed by atoms with Crippen LogP contribution in [-0.4, -0.2) is 35.9 Å². The van der Waals surface area contributed by atoms with Gasteiger partial charge in [0.05, 0.1) is 5.69 Å². The van der Waals surface area contributed by atoms with E-state index in [9.17, 15) is 0 Å². The number of hydrogen-bond acceptors (Lipinski definition) is 5. The smallest absolute Gasteiger partial charge is 0.188 e.